The Balaban J connectivity index is 2.27. The average Bonchev–Trinajstić information content (AvgIpc) is 2.95. The van der Waals surface area contributed by atoms with Crippen molar-refractivity contribution in [3.05, 3.63) is 34.2 Å². The fraction of sp³-hybridized carbons (Fsp3) is 0.556. The van der Waals surface area contributed by atoms with Gasteiger partial charge in [-0.1, -0.05) is 38.3 Å². The van der Waals surface area contributed by atoms with Crippen molar-refractivity contribution in [2.24, 2.45) is 5.92 Å². The normalized spacial score (nSPS) is 26.0. The van der Waals surface area contributed by atoms with Crippen LogP contribution in [-0.4, -0.2) is 19.4 Å². The molecule has 0 aromatic heterocycles. The Morgan fingerprint density at radius 2 is 1.69 bits per heavy atom. The SMILES string of the molecule is CCc1ccc2c(c1)S(OS(=O)(=O)C(F)(F)F)(C(F)(F)F)C(C1CCCCC1)=C2. The average molecular weight is 462 g/mol. The summed E-state index contributed by atoms with van der Waals surface area (Å²) in [4.78, 5) is -0.890. The number of halogens is 6. The lowest BCUT2D eigenvalue weighted by Crippen LogP contribution is -2.34. The van der Waals surface area contributed by atoms with Gasteiger partial charge in [0.1, 0.15) is 0 Å². The Bertz CT molecular complexity index is 915. The van der Waals surface area contributed by atoms with Crippen LogP contribution in [0.15, 0.2) is 28.0 Å². The second-order valence-corrected chi connectivity index (χ2v) is 11.5. The summed E-state index contributed by atoms with van der Waals surface area (Å²) < 4.78 is 110. The summed E-state index contributed by atoms with van der Waals surface area (Å²) in [5.74, 6) is -0.679. The Morgan fingerprint density at radius 1 is 1.07 bits per heavy atom. The van der Waals surface area contributed by atoms with E-state index in [2.05, 4.69) is 3.63 Å². The highest BCUT2D eigenvalue weighted by molar-refractivity contribution is 8.37. The molecule has 3 rings (SSSR count). The molecule has 0 radical (unpaired) electrons. The minimum absolute atomic E-state index is 0.0625. The molecule has 1 aromatic carbocycles. The van der Waals surface area contributed by atoms with Crippen molar-refractivity contribution in [1.82, 2.24) is 0 Å². The summed E-state index contributed by atoms with van der Waals surface area (Å²) in [5, 5.41) is 0. The van der Waals surface area contributed by atoms with Crippen LogP contribution < -0.4 is 0 Å². The van der Waals surface area contributed by atoms with Crippen LogP contribution in [0.25, 0.3) is 6.08 Å². The minimum Gasteiger partial charge on any atom is -0.196 e. The van der Waals surface area contributed by atoms with Crippen LogP contribution in [0.5, 0.6) is 0 Å². The first-order valence-electron chi connectivity index (χ1n) is 9.10. The largest absolute Gasteiger partial charge is 0.523 e. The van der Waals surface area contributed by atoms with Crippen LogP contribution >= 0.6 is 10.3 Å². The van der Waals surface area contributed by atoms with Gasteiger partial charge in [0.05, 0.1) is 0 Å². The molecule has 0 amide bonds. The summed E-state index contributed by atoms with van der Waals surface area (Å²) in [6, 6.07) is 4.11. The van der Waals surface area contributed by atoms with Crippen LogP contribution in [-0.2, 0) is 20.2 Å². The molecule has 11 heteroatoms. The van der Waals surface area contributed by atoms with E-state index in [4.69, 9.17) is 0 Å². The first kappa shape index (κ1) is 22.5. The number of hydrogen-bond acceptors (Lipinski definition) is 3. The number of rotatable bonds is 4. The predicted octanol–water partition coefficient (Wildman–Crippen LogP) is 6.65. The highest BCUT2D eigenvalue weighted by Crippen LogP contribution is 2.80. The molecule has 1 atom stereocenters. The van der Waals surface area contributed by atoms with Crippen molar-refractivity contribution < 1.29 is 38.4 Å². The van der Waals surface area contributed by atoms with Gasteiger partial charge in [-0.05, 0) is 48.4 Å². The van der Waals surface area contributed by atoms with Gasteiger partial charge in [-0.15, -0.1) is 0 Å². The van der Waals surface area contributed by atoms with Gasteiger partial charge in [0, 0.05) is 20.1 Å². The van der Waals surface area contributed by atoms with Gasteiger partial charge in [-0.3, -0.25) is 0 Å². The maximum Gasteiger partial charge on any atom is 0.523 e. The maximum atomic E-state index is 14.5. The molecule has 3 nitrogen and oxygen atoms in total. The van der Waals surface area contributed by atoms with Gasteiger partial charge < -0.3 is 0 Å². The van der Waals surface area contributed by atoms with Crippen molar-refractivity contribution in [3.63, 3.8) is 0 Å². The quantitative estimate of drug-likeness (QED) is 0.372. The highest BCUT2D eigenvalue weighted by Gasteiger charge is 2.65. The lowest BCUT2D eigenvalue weighted by Gasteiger charge is -2.42. The fourth-order valence-electron chi connectivity index (χ4n) is 3.82. The Morgan fingerprint density at radius 3 is 2.21 bits per heavy atom. The Kier molecular flexibility index (Phi) is 5.81. The number of alkyl halides is 6. The maximum absolute atomic E-state index is 14.5. The number of benzene rings is 1. The van der Waals surface area contributed by atoms with Gasteiger partial charge in [-0.25, -0.2) is 0 Å². The van der Waals surface area contributed by atoms with Gasteiger partial charge >= 0.3 is 21.1 Å². The van der Waals surface area contributed by atoms with Crippen LogP contribution in [0.4, 0.5) is 26.3 Å². The summed E-state index contributed by atoms with van der Waals surface area (Å²) in [7, 11) is -11.4. The Hall–Kier alpha value is -1.20. The number of aryl methyl sites for hydroxylation is 1. The lowest BCUT2D eigenvalue weighted by molar-refractivity contribution is -0.0547. The van der Waals surface area contributed by atoms with E-state index < -0.39 is 42.3 Å². The van der Waals surface area contributed by atoms with Gasteiger partial charge in [-0.2, -0.15) is 38.4 Å². The van der Waals surface area contributed by atoms with Crippen LogP contribution in [0.2, 0.25) is 0 Å². The zero-order valence-corrected chi connectivity index (χ0v) is 17.1. The number of allylic oxidation sites excluding steroid dienone is 1. The second kappa shape index (κ2) is 7.49. The summed E-state index contributed by atoms with van der Waals surface area (Å²) in [5.41, 5.74) is -10.8. The van der Waals surface area contributed by atoms with Gasteiger partial charge in [0.2, 0.25) is 0 Å². The topological polar surface area (TPSA) is 43.4 Å². The highest BCUT2D eigenvalue weighted by atomic mass is 32.3. The summed E-state index contributed by atoms with van der Waals surface area (Å²) in [6.07, 6.45) is 4.29. The summed E-state index contributed by atoms with van der Waals surface area (Å²) in [6.45, 7) is 1.68. The standard InChI is InChI=1S/C18H20F6O3S2/c1-2-12-8-9-14-11-16(13-6-4-3-5-7-13)28(15(14)10-12,17(19,20)21)27-29(25,26)18(22,23)24/h8-11,13H,2-7H2,1H3. The molecular weight excluding hydrogens is 442 g/mol. The van der Waals surface area contributed by atoms with Crippen LogP contribution in [0, 0.1) is 5.92 Å². The number of fused-ring (bicyclic) bond motifs is 1. The molecule has 0 saturated heterocycles. The molecule has 1 saturated carbocycles. The first-order chi connectivity index (χ1) is 13.3. The molecule has 1 aliphatic carbocycles. The van der Waals surface area contributed by atoms with Crippen molar-refractivity contribution in [1.29, 1.82) is 0 Å². The van der Waals surface area contributed by atoms with Crippen molar-refractivity contribution in [2.75, 3.05) is 0 Å². The smallest absolute Gasteiger partial charge is 0.196 e. The van der Waals surface area contributed by atoms with E-state index in [1.807, 2.05) is 0 Å². The van der Waals surface area contributed by atoms with E-state index in [0.717, 1.165) is 12.5 Å². The van der Waals surface area contributed by atoms with E-state index in [9.17, 15) is 34.8 Å². The van der Waals surface area contributed by atoms with E-state index >= 15 is 0 Å². The van der Waals surface area contributed by atoms with E-state index in [1.165, 1.54) is 12.1 Å². The third kappa shape index (κ3) is 3.81. The molecule has 2 aliphatic rings. The van der Waals surface area contributed by atoms with Crippen molar-refractivity contribution in [3.8, 4) is 0 Å². The Labute approximate surface area is 166 Å². The minimum atomic E-state index is -6.48. The van der Waals surface area contributed by atoms with E-state index in [0.29, 0.717) is 37.7 Å². The zero-order chi connectivity index (χ0) is 21.7. The van der Waals surface area contributed by atoms with Crippen LogP contribution in [0.3, 0.4) is 0 Å². The molecule has 164 valence electrons. The van der Waals surface area contributed by atoms with Gasteiger partial charge in [0.25, 0.3) is 0 Å². The second-order valence-electron chi connectivity index (χ2n) is 7.08. The molecule has 1 aliphatic heterocycles. The first-order valence-corrected chi connectivity index (χ1v) is 12.1. The molecule has 1 unspecified atom stereocenters. The zero-order valence-electron chi connectivity index (χ0n) is 15.4. The molecule has 29 heavy (non-hydrogen) atoms. The molecule has 0 N–H and O–H groups in total. The molecule has 0 spiro atoms. The molecule has 1 heterocycles. The lowest BCUT2D eigenvalue weighted by atomic mass is 9.88. The van der Waals surface area contributed by atoms with Gasteiger partial charge in [0.15, 0.2) is 0 Å². The third-order valence-electron chi connectivity index (χ3n) is 5.23. The monoisotopic (exact) mass is 462 g/mol. The molecule has 1 fully saturated rings. The van der Waals surface area contributed by atoms with Crippen molar-refractivity contribution in [2.45, 2.75) is 61.4 Å². The fourth-order valence-corrected chi connectivity index (χ4v) is 8.66. The molecule has 0 bridgehead atoms. The summed E-state index contributed by atoms with van der Waals surface area (Å²) >= 11 is 0. The molecular formula is C18H20F6O3S2. The van der Waals surface area contributed by atoms with Crippen molar-refractivity contribution >= 4 is 26.5 Å². The van der Waals surface area contributed by atoms with E-state index in [-0.39, 0.29) is 10.5 Å². The molecule has 1 aromatic rings. The number of hydrogen-bond donors (Lipinski definition) is 0. The third-order valence-corrected chi connectivity index (χ3v) is 10.1. The van der Waals surface area contributed by atoms with Crippen LogP contribution in [0.1, 0.15) is 50.2 Å². The van der Waals surface area contributed by atoms with E-state index in [1.54, 1.807) is 13.0 Å². The predicted molar refractivity (Wildman–Crippen MR) is 98.3 cm³/mol.